The van der Waals surface area contributed by atoms with E-state index >= 15 is 0 Å². The molecule has 0 saturated heterocycles. The van der Waals surface area contributed by atoms with Crippen LogP contribution in [0, 0.1) is 0 Å². The summed E-state index contributed by atoms with van der Waals surface area (Å²) >= 11 is 0.757. The molecule has 0 amide bonds. The van der Waals surface area contributed by atoms with Crippen LogP contribution in [-0.4, -0.2) is 44.3 Å². The monoisotopic (exact) mass is 422 g/mol. The summed E-state index contributed by atoms with van der Waals surface area (Å²) in [6.07, 6.45) is 3.65. The molecule has 2 bridgehead atoms. The van der Waals surface area contributed by atoms with Gasteiger partial charge in [0, 0.05) is 51.9 Å². The molecule has 141 valence electrons. The van der Waals surface area contributed by atoms with E-state index in [1.807, 2.05) is 0 Å². The summed E-state index contributed by atoms with van der Waals surface area (Å²) in [5, 5.41) is 14.0. The van der Waals surface area contributed by atoms with Crippen LogP contribution in [0.5, 0.6) is 0 Å². The van der Waals surface area contributed by atoms with Crippen molar-refractivity contribution in [2.45, 2.75) is 31.8 Å². The third kappa shape index (κ3) is 7.14. The molecular weight excluding hydrogens is 397 g/mol. The molecular formula is C16H27Cl2CuN5. The number of nitrogens with zero attached hydrogens (tertiary/aromatic N) is 1. The summed E-state index contributed by atoms with van der Waals surface area (Å²) in [5.41, 5.74) is 3.88. The largest absolute Gasteiger partial charge is 0.314 e. The standard InChI is InChI=1S/C16H27N5.2ClH.Cu/c1-2-13-4-5-14-12-19-9-8-17-6-7-18-10-11-20-15(3-1)16(13)21-14;;;/h4-5,15,17-20H,1-3,6-12H2;2*1H;/q;;;+2/p-2. The van der Waals surface area contributed by atoms with Gasteiger partial charge in [-0.25, -0.2) is 0 Å². The van der Waals surface area contributed by atoms with Gasteiger partial charge in [0.25, 0.3) is 0 Å². The van der Waals surface area contributed by atoms with Gasteiger partial charge in [0.15, 0.2) is 0 Å². The van der Waals surface area contributed by atoms with Crippen molar-refractivity contribution in [2.75, 3.05) is 39.3 Å². The van der Waals surface area contributed by atoms with E-state index in [1.54, 1.807) is 0 Å². The Morgan fingerprint density at radius 2 is 1.62 bits per heavy atom. The summed E-state index contributed by atoms with van der Waals surface area (Å²) in [6, 6.07) is 4.89. The molecule has 8 heteroatoms. The van der Waals surface area contributed by atoms with Crippen LogP contribution in [-0.2, 0) is 26.1 Å². The van der Waals surface area contributed by atoms with Crippen molar-refractivity contribution in [2.24, 2.45) is 0 Å². The van der Waals surface area contributed by atoms with Gasteiger partial charge in [-0.1, -0.05) is 6.07 Å². The van der Waals surface area contributed by atoms with Gasteiger partial charge in [-0.05, 0) is 30.9 Å². The maximum atomic E-state index is 4.92. The third-order valence-corrected chi connectivity index (χ3v) is 4.29. The molecule has 4 N–H and O–H groups in total. The van der Waals surface area contributed by atoms with Crippen LogP contribution >= 0.6 is 20.2 Å². The Labute approximate surface area is 159 Å². The van der Waals surface area contributed by atoms with Crippen molar-refractivity contribution >= 4 is 20.2 Å². The minimum absolute atomic E-state index is 0.429. The van der Waals surface area contributed by atoms with E-state index in [-0.39, 0.29) is 0 Å². The zero-order valence-electron chi connectivity index (χ0n) is 13.8. The molecule has 3 rings (SSSR count). The minimum atomic E-state index is 0.429. The number of aryl methyl sites for hydroxylation is 1. The second kappa shape index (κ2) is 12.4. The van der Waals surface area contributed by atoms with E-state index in [0.29, 0.717) is 6.04 Å². The Kier molecular flexibility index (Phi) is 10.6. The van der Waals surface area contributed by atoms with Crippen LogP contribution in [0.2, 0.25) is 0 Å². The van der Waals surface area contributed by atoms with E-state index in [0.717, 1.165) is 64.6 Å². The van der Waals surface area contributed by atoms with E-state index in [9.17, 15) is 0 Å². The van der Waals surface area contributed by atoms with Crippen molar-refractivity contribution in [3.8, 4) is 0 Å². The average Bonchev–Trinajstić information content (AvgIpc) is 2.60. The van der Waals surface area contributed by atoms with Crippen LogP contribution in [0.1, 0.15) is 35.8 Å². The average molecular weight is 424 g/mol. The summed E-state index contributed by atoms with van der Waals surface area (Å²) < 4.78 is 0. The number of rotatable bonds is 0. The van der Waals surface area contributed by atoms with Gasteiger partial charge in [-0.2, -0.15) is 0 Å². The molecule has 0 spiro atoms. The Bertz CT molecular complexity index is 478. The second-order valence-corrected chi connectivity index (χ2v) is 7.52. The Hall–Kier alpha value is 0.0895. The van der Waals surface area contributed by atoms with Crippen LogP contribution < -0.4 is 21.3 Å². The number of hydrogen-bond acceptors (Lipinski definition) is 5. The van der Waals surface area contributed by atoms with Gasteiger partial charge in [0.05, 0.1) is 11.4 Å². The number of halogens is 2. The first-order valence-electron chi connectivity index (χ1n) is 8.50. The Morgan fingerprint density at radius 1 is 0.958 bits per heavy atom. The normalized spacial score (nSPS) is 22.7. The molecule has 0 fully saturated rings. The van der Waals surface area contributed by atoms with Crippen LogP contribution in [0.3, 0.4) is 0 Å². The summed E-state index contributed by atoms with van der Waals surface area (Å²) in [7, 11) is 9.34. The van der Waals surface area contributed by atoms with Crippen LogP contribution in [0.15, 0.2) is 12.1 Å². The predicted molar refractivity (Wildman–Crippen MR) is 97.1 cm³/mol. The fraction of sp³-hybridized carbons (Fsp3) is 0.688. The zero-order valence-corrected chi connectivity index (χ0v) is 16.3. The van der Waals surface area contributed by atoms with Gasteiger partial charge < -0.3 is 21.3 Å². The topological polar surface area (TPSA) is 61.0 Å². The van der Waals surface area contributed by atoms with Crippen molar-refractivity contribution in [3.63, 3.8) is 0 Å². The summed E-state index contributed by atoms with van der Waals surface area (Å²) in [6.45, 7) is 6.94. The predicted octanol–water partition coefficient (Wildman–Crippen LogP) is 1.71. The van der Waals surface area contributed by atoms with Gasteiger partial charge in [0.1, 0.15) is 0 Å². The van der Waals surface area contributed by atoms with Crippen LogP contribution in [0.4, 0.5) is 0 Å². The molecule has 5 nitrogen and oxygen atoms in total. The maximum absolute atomic E-state index is 4.92. The molecule has 1 aliphatic heterocycles. The Morgan fingerprint density at radius 3 is 2.38 bits per heavy atom. The van der Waals surface area contributed by atoms with Crippen molar-refractivity contribution < 1.29 is 13.1 Å². The fourth-order valence-corrected chi connectivity index (χ4v) is 3.14. The van der Waals surface area contributed by atoms with Crippen molar-refractivity contribution in [3.05, 3.63) is 29.1 Å². The molecule has 0 radical (unpaired) electrons. The third-order valence-electron chi connectivity index (χ3n) is 4.29. The first-order valence-corrected chi connectivity index (χ1v) is 11.1. The van der Waals surface area contributed by atoms with Gasteiger partial charge in [-0.3, -0.25) is 4.98 Å². The smallest absolute Gasteiger partial charge is 0.0608 e. The first-order chi connectivity index (χ1) is 11.8. The van der Waals surface area contributed by atoms with Gasteiger partial charge in [0.2, 0.25) is 0 Å². The SMILES string of the molecule is [Cl][Cu][Cl].c1cc2c3nc1CNCCNCCNCCNC3CCC2. The number of hydrogen-bond donors (Lipinski definition) is 4. The fourth-order valence-electron chi connectivity index (χ4n) is 3.14. The maximum Gasteiger partial charge on any atom is 0.0608 e. The molecule has 24 heavy (non-hydrogen) atoms. The van der Waals surface area contributed by atoms with E-state index in [2.05, 4.69) is 53.6 Å². The second-order valence-electron chi connectivity index (χ2n) is 5.97. The van der Waals surface area contributed by atoms with Crippen molar-refractivity contribution in [1.29, 1.82) is 0 Å². The molecule has 0 aromatic carbocycles. The molecule has 2 aliphatic rings. The molecule has 1 aromatic rings. The summed E-state index contributed by atoms with van der Waals surface area (Å²) in [5.74, 6) is 0. The van der Waals surface area contributed by atoms with Crippen LogP contribution in [0.25, 0.3) is 0 Å². The molecule has 1 aliphatic carbocycles. The number of nitrogens with one attached hydrogen (secondary N) is 4. The van der Waals surface area contributed by atoms with Crippen molar-refractivity contribution in [1.82, 2.24) is 26.3 Å². The first kappa shape index (κ1) is 20.4. The molecule has 1 aromatic heterocycles. The summed E-state index contributed by atoms with van der Waals surface area (Å²) in [4.78, 5) is 4.92. The van der Waals surface area contributed by atoms with Gasteiger partial charge in [-0.15, -0.1) is 0 Å². The zero-order chi connectivity index (χ0) is 17.0. The molecule has 0 saturated carbocycles. The molecule has 1 unspecified atom stereocenters. The van der Waals surface area contributed by atoms with E-state index in [4.69, 9.17) is 4.98 Å². The van der Waals surface area contributed by atoms with Gasteiger partial charge >= 0.3 is 33.3 Å². The number of pyridine rings is 1. The molecule has 2 heterocycles. The number of fused-ring (bicyclic) bond motifs is 1. The minimum Gasteiger partial charge on any atom is -0.314 e. The number of aromatic nitrogens is 1. The quantitative estimate of drug-likeness (QED) is 0.479. The van der Waals surface area contributed by atoms with E-state index < -0.39 is 0 Å². The molecule has 1 atom stereocenters. The van der Waals surface area contributed by atoms with E-state index in [1.165, 1.54) is 30.5 Å². The Balaban J connectivity index is 0.000000647.